The standard InChI is InChI=1S/C17H18N4O4/c22-7-12-14(23)15(24)17(25-12)21-9-20-13-11(18-8-19-16(13)21)6-10-4-2-1-3-5-10/h1-5,8-9,12,14-15,17,22-24H,6-7H2/t12-,14-,15+,17-/m1/s1. The number of hydrogen-bond donors (Lipinski definition) is 3. The van der Waals surface area contributed by atoms with Gasteiger partial charge in [-0.05, 0) is 5.56 Å². The topological polar surface area (TPSA) is 114 Å². The molecule has 3 heterocycles. The molecule has 4 atom stereocenters. The normalized spacial score (nSPS) is 26.4. The lowest BCUT2D eigenvalue weighted by Crippen LogP contribution is -2.33. The minimum Gasteiger partial charge on any atom is -0.394 e. The molecule has 1 aliphatic rings. The molecule has 1 aliphatic heterocycles. The summed E-state index contributed by atoms with van der Waals surface area (Å²) in [7, 11) is 0. The van der Waals surface area contributed by atoms with Crippen molar-refractivity contribution >= 4 is 11.2 Å². The Morgan fingerprint density at radius 2 is 1.84 bits per heavy atom. The van der Waals surface area contributed by atoms with Crippen LogP contribution in [0, 0.1) is 0 Å². The molecule has 3 N–H and O–H groups in total. The zero-order valence-corrected chi connectivity index (χ0v) is 13.3. The van der Waals surface area contributed by atoms with Gasteiger partial charge in [-0.3, -0.25) is 4.57 Å². The summed E-state index contributed by atoms with van der Waals surface area (Å²) in [6.45, 7) is -0.379. The van der Waals surface area contributed by atoms with Crippen molar-refractivity contribution in [3.05, 3.63) is 54.2 Å². The number of rotatable bonds is 4. The van der Waals surface area contributed by atoms with E-state index in [1.54, 1.807) is 4.57 Å². The first-order valence-electron chi connectivity index (χ1n) is 8.02. The molecule has 2 aromatic heterocycles. The fraction of sp³-hybridized carbons (Fsp3) is 0.353. The van der Waals surface area contributed by atoms with Crippen LogP contribution in [0.3, 0.4) is 0 Å². The van der Waals surface area contributed by atoms with Gasteiger partial charge in [0, 0.05) is 6.42 Å². The molecule has 25 heavy (non-hydrogen) atoms. The fourth-order valence-corrected chi connectivity index (χ4v) is 3.12. The van der Waals surface area contributed by atoms with Gasteiger partial charge >= 0.3 is 0 Å². The number of ether oxygens (including phenoxy) is 1. The Bertz CT molecular complexity index is 869. The molecule has 130 valence electrons. The largest absolute Gasteiger partial charge is 0.394 e. The minimum absolute atomic E-state index is 0.379. The molecule has 3 aromatic rings. The summed E-state index contributed by atoms with van der Waals surface area (Å²) in [6, 6.07) is 9.90. The van der Waals surface area contributed by atoms with E-state index < -0.39 is 24.5 Å². The molecule has 1 aromatic carbocycles. The second-order valence-electron chi connectivity index (χ2n) is 6.04. The third-order valence-electron chi connectivity index (χ3n) is 4.44. The first kappa shape index (κ1) is 16.1. The lowest BCUT2D eigenvalue weighted by Gasteiger charge is -2.16. The molecule has 8 nitrogen and oxygen atoms in total. The average Bonchev–Trinajstić information content (AvgIpc) is 3.18. The van der Waals surface area contributed by atoms with E-state index in [9.17, 15) is 15.3 Å². The third kappa shape index (κ3) is 2.79. The SMILES string of the molecule is OC[C@H]1O[C@@H](n2cnc3c(Cc4ccccc4)ncnc32)[C@@H](O)[C@@H]1O. The van der Waals surface area contributed by atoms with Crippen LogP contribution in [0.4, 0.5) is 0 Å². The molecule has 0 aliphatic carbocycles. The molecule has 0 spiro atoms. The highest BCUT2D eigenvalue weighted by Crippen LogP contribution is 2.31. The van der Waals surface area contributed by atoms with Crippen LogP contribution in [0.15, 0.2) is 43.0 Å². The van der Waals surface area contributed by atoms with E-state index in [1.807, 2.05) is 30.3 Å². The van der Waals surface area contributed by atoms with Gasteiger partial charge in [0.1, 0.15) is 30.2 Å². The maximum absolute atomic E-state index is 10.2. The maximum Gasteiger partial charge on any atom is 0.165 e. The lowest BCUT2D eigenvalue weighted by molar-refractivity contribution is -0.0511. The molecule has 1 saturated heterocycles. The highest BCUT2D eigenvalue weighted by Gasteiger charge is 2.43. The second kappa shape index (κ2) is 6.49. The third-order valence-corrected chi connectivity index (χ3v) is 4.44. The molecule has 0 amide bonds. The summed E-state index contributed by atoms with van der Waals surface area (Å²) in [5, 5.41) is 29.4. The zero-order valence-electron chi connectivity index (χ0n) is 13.3. The van der Waals surface area contributed by atoms with Crippen molar-refractivity contribution in [2.75, 3.05) is 6.61 Å². The summed E-state index contributed by atoms with van der Waals surface area (Å²) in [5.41, 5.74) is 2.99. The first-order chi connectivity index (χ1) is 12.2. The molecule has 1 fully saturated rings. The summed E-state index contributed by atoms with van der Waals surface area (Å²) in [5.74, 6) is 0. The monoisotopic (exact) mass is 342 g/mol. The summed E-state index contributed by atoms with van der Waals surface area (Å²) < 4.78 is 7.12. The van der Waals surface area contributed by atoms with Gasteiger partial charge < -0.3 is 20.1 Å². The summed E-state index contributed by atoms with van der Waals surface area (Å²) >= 11 is 0. The van der Waals surface area contributed by atoms with Gasteiger partial charge in [0.25, 0.3) is 0 Å². The van der Waals surface area contributed by atoms with Gasteiger partial charge in [-0.2, -0.15) is 0 Å². The smallest absolute Gasteiger partial charge is 0.165 e. The number of aliphatic hydroxyl groups excluding tert-OH is 3. The Balaban J connectivity index is 1.70. The van der Waals surface area contributed by atoms with Crippen LogP contribution in [-0.4, -0.2) is 59.8 Å². The number of aromatic nitrogens is 4. The van der Waals surface area contributed by atoms with Gasteiger partial charge in [0.2, 0.25) is 0 Å². The average molecular weight is 342 g/mol. The molecular weight excluding hydrogens is 324 g/mol. The van der Waals surface area contributed by atoms with Crippen molar-refractivity contribution in [3.8, 4) is 0 Å². The number of hydrogen-bond acceptors (Lipinski definition) is 7. The molecule has 0 unspecified atom stereocenters. The van der Waals surface area contributed by atoms with Crippen molar-refractivity contribution in [3.63, 3.8) is 0 Å². The highest BCUT2D eigenvalue weighted by molar-refractivity contribution is 5.73. The Morgan fingerprint density at radius 1 is 1.04 bits per heavy atom. The van der Waals surface area contributed by atoms with Crippen LogP contribution in [-0.2, 0) is 11.2 Å². The Labute approximate surface area is 143 Å². The predicted molar refractivity (Wildman–Crippen MR) is 87.6 cm³/mol. The van der Waals surface area contributed by atoms with Crippen LogP contribution in [0.2, 0.25) is 0 Å². The zero-order chi connectivity index (χ0) is 17.4. The van der Waals surface area contributed by atoms with Gasteiger partial charge in [-0.15, -0.1) is 0 Å². The first-order valence-corrected chi connectivity index (χ1v) is 8.02. The van der Waals surface area contributed by atoms with Crippen molar-refractivity contribution < 1.29 is 20.1 Å². The number of aliphatic hydroxyl groups is 3. The Morgan fingerprint density at radius 3 is 2.56 bits per heavy atom. The number of benzene rings is 1. The molecule has 8 heteroatoms. The van der Waals surface area contributed by atoms with E-state index in [0.29, 0.717) is 17.6 Å². The molecule has 0 bridgehead atoms. The van der Waals surface area contributed by atoms with E-state index in [2.05, 4.69) is 15.0 Å². The van der Waals surface area contributed by atoms with E-state index in [4.69, 9.17) is 4.74 Å². The van der Waals surface area contributed by atoms with E-state index in [-0.39, 0.29) is 6.61 Å². The van der Waals surface area contributed by atoms with Crippen molar-refractivity contribution in [2.24, 2.45) is 0 Å². The Kier molecular flexibility index (Phi) is 4.18. The van der Waals surface area contributed by atoms with Crippen LogP contribution in [0.25, 0.3) is 11.2 Å². The van der Waals surface area contributed by atoms with E-state index >= 15 is 0 Å². The number of imidazole rings is 1. The van der Waals surface area contributed by atoms with Gasteiger partial charge in [-0.1, -0.05) is 30.3 Å². The minimum atomic E-state index is -1.18. The van der Waals surface area contributed by atoms with Gasteiger partial charge in [-0.25, -0.2) is 15.0 Å². The van der Waals surface area contributed by atoms with E-state index in [0.717, 1.165) is 11.3 Å². The van der Waals surface area contributed by atoms with Crippen LogP contribution >= 0.6 is 0 Å². The predicted octanol–water partition coefficient (Wildman–Crippen LogP) is 0.0286. The number of fused-ring (bicyclic) bond motifs is 1. The van der Waals surface area contributed by atoms with Gasteiger partial charge in [0.05, 0.1) is 18.6 Å². The molecule has 4 rings (SSSR count). The number of nitrogens with zero attached hydrogens (tertiary/aromatic N) is 4. The molecular formula is C17H18N4O4. The second-order valence-corrected chi connectivity index (χ2v) is 6.04. The van der Waals surface area contributed by atoms with Crippen molar-refractivity contribution in [1.29, 1.82) is 0 Å². The highest BCUT2D eigenvalue weighted by atomic mass is 16.6. The molecule has 0 saturated carbocycles. The maximum atomic E-state index is 10.2. The summed E-state index contributed by atoms with van der Waals surface area (Å²) in [4.78, 5) is 13.0. The van der Waals surface area contributed by atoms with Crippen molar-refractivity contribution in [2.45, 2.75) is 31.0 Å². The molecule has 0 radical (unpaired) electrons. The van der Waals surface area contributed by atoms with Gasteiger partial charge in [0.15, 0.2) is 11.9 Å². The summed E-state index contributed by atoms with van der Waals surface area (Å²) in [6.07, 6.45) is -0.499. The van der Waals surface area contributed by atoms with E-state index in [1.165, 1.54) is 12.7 Å². The van der Waals surface area contributed by atoms with Crippen LogP contribution < -0.4 is 0 Å². The Hall–Kier alpha value is -2.39. The van der Waals surface area contributed by atoms with Crippen LogP contribution in [0.5, 0.6) is 0 Å². The van der Waals surface area contributed by atoms with Crippen LogP contribution in [0.1, 0.15) is 17.5 Å². The van der Waals surface area contributed by atoms with Crippen molar-refractivity contribution in [1.82, 2.24) is 19.5 Å². The lowest BCUT2D eigenvalue weighted by atomic mass is 10.1. The quantitative estimate of drug-likeness (QED) is 0.613. The fourth-order valence-electron chi connectivity index (χ4n) is 3.12.